The number of hydrogen-bond acceptors (Lipinski definition) is 4. The molecule has 1 aliphatic rings. The summed E-state index contributed by atoms with van der Waals surface area (Å²) in [6.45, 7) is 4.54. The minimum absolute atomic E-state index is 0.166. The lowest BCUT2D eigenvalue weighted by Gasteiger charge is -2.08. The Labute approximate surface area is 142 Å². The Kier molecular flexibility index (Phi) is 5.61. The molecule has 0 radical (unpaired) electrons. The second-order valence-electron chi connectivity index (χ2n) is 4.63. The number of benzene rings is 1. The molecule has 3 nitrogen and oxygen atoms in total. The SMILES string of the molecule is CC(C)=CCOc1ccc(Br)cc1/C=C1\SC(=S)NC1=O. The fourth-order valence-corrected chi connectivity index (χ4v) is 3.04. The van der Waals surface area contributed by atoms with Crippen LogP contribution in [0.4, 0.5) is 0 Å². The van der Waals surface area contributed by atoms with Crippen LogP contribution in [0.5, 0.6) is 5.75 Å². The highest BCUT2D eigenvalue weighted by Gasteiger charge is 2.22. The Hall–Kier alpha value is -1.11. The minimum Gasteiger partial charge on any atom is -0.489 e. The zero-order valence-electron chi connectivity index (χ0n) is 11.6. The molecular formula is C15H14BrNO2S2. The lowest BCUT2D eigenvalue weighted by molar-refractivity contribution is -0.115. The molecule has 0 spiro atoms. The van der Waals surface area contributed by atoms with Gasteiger partial charge in [-0.05, 0) is 44.2 Å². The van der Waals surface area contributed by atoms with E-state index in [0.717, 1.165) is 15.8 Å². The first-order chi connectivity index (χ1) is 9.95. The number of carbonyl (C=O) groups is 1. The maximum absolute atomic E-state index is 11.7. The average Bonchev–Trinajstić information content (AvgIpc) is 2.70. The Balaban J connectivity index is 2.27. The van der Waals surface area contributed by atoms with E-state index in [1.54, 1.807) is 6.08 Å². The fraction of sp³-hybridized carbons (Fsp3) is 0.200. The van der Waals surface area contributed by atoms with Crippen molar-refractivity contribution >= 4 is 56.2 Å². The van der Waals surface area contributed by atoms with Crippen molar-refractivity contribution in [3.63, 3.8) is 0 Å². The predicted molar refractivity (Wildman–Crippen MR) is 95.4 cm³/mol. The molecule has 2 rings (SSSR count). The van der Waals surface area contributed by atoms with Crippen molar-refractivity contribution in [1.29, 1.82) is 0 Å². The van der Waals surface area contributed by atoms with Crippen LogP contribution < -0.4 is 10.1 Å². The van der Waals surface area contributed by atoms with Gasteiger partial charge in [-0.2, -0.15) is 0 Å². The van der Waals surface area contributed by atoms with E-state index >= 15 is 0 Å². The molecule has 0 unspecified atom stereocenters. The number of amides is 1. The topological polar surface area (TPSA) is 38.3 Å². The number of ether oxygens (including phenoxy) is 1. The second-order valence-corrected chi connectivity index (χ2v) is 7.26. The number of thiocarbonyl (C=S) groups is 1. The zero-order chi connectivity index (χ0) is 15.4. The molecular weight excluding hydrogens is 370 g/mol. The van der Waals surface area contributed by atoms with E-state index in [0.29, 0.717) is 15.8 Å². The van der Waals surface area contributed by atoms with Crippen molar-refractivity contribution in [2.75, 3.05) is 6.61 Å². The maximum Gasteiger partial charge on any atom is 0.263 e. The average molecular weight is 384 g/mol. The summed E-state index contributed by atoms with van der Waals surface area (Å²) >= 11 is 9.68. The van der Waals surface area contributed by atoms with Crippen LogP contribution in [0.1, 0.15) is 19.4 Å². The van der Waals surface area contributed by atoms with Gasteiger partial charge in [-0.3, -0.25) is 4.79 Å². The van der Waals surface area contributed by atoms with Gasteiger partial charge in [0.15, 0.2) is 0 Å². The molecule has 0 saturated carbocycles. The van der Waals surface area contributed by atoms with E-state index in [9.17, 15) is 4.79 Å². The van der Waals surface area contributed by atoms with Crippen molar-refractivity contribution in [2.45, 2.75) is 13.8 Å². The first-order valence-electron chi connectivity index (χ1n) is 6.26. The molecule has 1 N–H and O–H groups in total. The second kappa shape index (κ2) is 7.24. The summed E-state index contributed by atoms with van der Waals surface area (Å²) in [7, 11) is 0. The fourth-order valence-electron chi connectivity index (χ4n) is 1.62. The highest BCUT2D eigenvalue weighted by Crippen LogP contribution is 2.31. The van der Waals surface area contributed by atoms with Crippen LogP contribution in [0, 0.1) is 0 Å². The summed E-state index contributed by atoms with van der Waals surface area (Å²) in [6, 6.07) is 5.71. The van der Waals surface area contributed by atoms with Gasteiger partial charge in [-0.1, -0.05) is 45.5 Å². The summed E-state index contributed by atoms with van der Waals surface area (Å²) in [5, 5.41) is 2.60. The van der Waals surface area contributed by atoms with Crippen LogP contribution in [-0.2, 0) is 4.79 Å². The third-order valence-electron chi connectivity index (χ3n) is 2.63. The molecule has 1 amide bonds. The van der Waals surface area contributed by atoms with Crippen molar-refractivity contribution in [1.82, 2.24) is 5.32 Å². The van der Waals surface area contributed by atoms with Crippen molar-refractivity contribution in [3.05, 3.63) is 44.8 Å². The highest BCUT2D eigenvalue weighted by molar-refractivity contribution is 9.10. The molecule has 6 heteroatoms. The van der Waals surface area contributed by atoms with Crippen LogP contribution in [0.15, 0.2) is 39.2 Å². The van der Waals surface area contributed by atoms with E-state index < -0.39 is 0 Å². The Morgan fingerprint density at radius 1 is 1.48 bits per heavy atom. The summed E-state index contributed by atoms with van der Waals surface area (Å²) in [5.74, 6) is 0.564. The first-order valence-corrected chi connectivity index (χ1v) is 8.28. The Morgan fingerprint density at radius 2 is 2.24 bits per heavy atom. The molecule has 1 aromatic carbocycles. The monoisotopic (exact) mass is 383 g/mol. The summed E-state index contributed by atoms with van der Waals surface area (Å²) in [4.78, 5) is 12.3. The van der Waals surface area contributed by atoms with E-state index in [4.69, 9.17) is 17.0 Å². The molecule has 110 valence electrons. The van der Waals surface area contributed by atoms with Gasteiger partial charge >= 0.3 is 0 Å². The zero-order valence-corrected chi connectivity index (χ0v) is 14.8. The van der Waals surface area contributed by atoms with Crippen LogP contribution in [0.2, 0.25) is 0 Å². The Morgan fingerprint density at radius 3 is 2.86 bits per heavy atom. The molecule has 1 heterocycles. The lowest BCUT2D eigenvalue weighted by atomic mass is 10.2. The summed E-state index contributed by atoms with van der Waals surface area (Å²) in [5.41, 5.74) is 2.04. The van der Waals surface area contributed by atoms with Gasteiger partial charge in [-0.15, -0.1) is 0 Å². The molecule has 1 fully saturated rings. The number of carbonyl (C=O) groups excluding carboxylic acids is 1. The van der Waals surface area contributed by atoms with E-state index in [-0.39, 0.29) is 5.91 Å². The number of rotatable bonds is 4. The van der Waals surface area contributed by atoms with Gasteiger partial charge in [0.2, 0.25) is 0 Å². The summed E-state index contributed by atoms with van der Waals surface area (Å²) in [6.07, 6.45) is 3.80. The van der Waals surface area contributed by atoms with Gasteiger partial charge in [0.1, 0.15) is 16.7 Å². The van der Waals surface area contributed by atoms with Gasteiger partial charge in [-0.25, -0.2) is 0 Å². The van der Waals surface area contributed by atoms with Crippen LogP contribution in [0.25, 0.3) is 6.08 Å². The Bertz CT molecular complexity index is 649. The predicted octanol–water partition coefficient (Wildman–Crippen LogP) is 4.28. The lowest BCUT2D eigenvalue weighted by Crippen LogP contribution is -2.17. The third kappa shape index (κ3) is 4.69. The third-order valence-corrected chi connectivity index (χ3v) is 4.29. The maximum atomic E-state index is 11.7. The van der Waals surface area contributed by atoms with Gasteiger partial charge in [0, 0.05) is 10.0 Å². The van der Waals surface area contributed by atoms with E-state index in [1.807, 2.05) is 38.1 Å². The molecule has 0 bridgehead atoms. The number of nitrogens with one attached hydrogen (secondary N) is 1. The number of hydrogen-bond donors (Lipinski definition) is 1. The molecule has 21 heavy (non-hydrogen) atoms. The number of thioether (sulfide) groups is 1. The van der Waals surface area contributed by atoms with Gasteiger partial charge in [0.25, 0.3) is 5.91 Å². The largest absolute Gasteiger partial charge is 0.489 e. The van der Waals surface area contributed by atoms with E-state index in [1.165, 1.54) is 17.3 Å². The van der Waals surface area contributed by atoms with Crippen molar-refractivity contribution in [2.24, 2.45) is 0 Å². The minimum atomic E-state index is -0.166. The van der Waals surface area contributed by atoms with Crippen LogP contribution in [0.3, 0.4) is 0 Å². The summed E-state index contributed by atoms with van der Waals surface area (Å²) < 4.78 is 7.17. The highest BCUT2D eigenvalue weighted by atomic mass is 79.9. The number of allylic oxidation sites excluding steroid dienone is 1. The molecule has 0 aromatic heterocycles. The van der Waals surface area contributed by atoms with Gasteiger partial charge < -0.3 is 10.1 Å². The molecule has 1 saturated heterocycles. The van der Waals surface area contributed by atoms with Crippen LogP contribution in [-0.4, -0.2) is 16.8 Å². The van der Waals surface area contributed by atoms with Crippen LogP contribution >= 0.6 is 39.9 Å². The first kappa shape index (κ1) is 16.3. The van der Waals surface area contributed by atoms with Gasteiger partial charge in [0.05, 0.1) is 4.91 Å². The molecule has 1 aromatic rings. The van der Waals surface area contributed by atoms with E-state index in [2.05, 4.69) is 21.2 Å². The quantitative estimate of drug-likeness (QED) is 0.478. The standard InChI is InChI=1S/C15H14BrNO2S2/c1-9(2)5-6-19-12-4-3-11(16)7-10(12)8-13-14(18)17-15(20)21-13/h3-5,7-8H,6H2,1-2H3,(H,17,18,20)/b13-8-. The smallest absolute Gasteiger partial charge is 0.263 e. The molecule has 0 aliphatic carbocycles. The number of halogens is 1. The normalized spacial score (nSPS) is 16.0. The molecule has 0 atom stereocenters. The van der Waals surface area contributed by atoms with Crippen molar-refractivity contribution in [3.8, 4) is 5.75 Å². The molecule has 1 aliphatic heterocycles. The van der Waals surface area contributed by atoms with Crippen molar-refractivity contribution < 1.29 is 9.53 Å².